The molecule has 1 amide bonds. The van der Waals surface area contributed by atoms with E-state index in [-0.39, 0.29) is 6.42 Å². The molecule has 0 atom stereocenters. The Hall–Kier alpha value is -1.11. The molecule has 0 heterocycles. The Labute approximate surface area is 175 Å². The molecule has 0 aromatic carbocycles. The van der Waals surface area contributed by atoms with Gasteiger partial charge in [0.1, 0.15) is 0 Å². The molecule has 1 rings (SSSR count). The van der Waals surface area contributed by atoms with Crippen molar-refractivity contribution < 1.29 is 24.6 Å². The number of nitrogens with two attached hydrogens (primary N) is 1. The molecule has 0 bridgehead atoms. The number of nitrogens with zero attached hydrogens (tertiary/aromatic N) is 1. The van der Waals surface area contributed by atoms with Crippen molar-refractivity contribution in [2.24, 2.45) is 16.6 Å². The van der Waals surface area contributed by atoms with Gasteiger partial charge in [0, 0.05) is 0 Å². The van der Waals surface area contributed by atoms with E-state index < -0.39 is 36.6 Å². The van der Waals surface area contributed by atoms with Crippen LogP contribution in [0.15, 0.2) is 4.99 Å². The second-order valence-electron chi connectivity index (χ2n) is 5.71. The minimum absolute atomic E-state index is 0.217. The zero-order valence-electron chi connectivity index (χ0n) is 16.8. The van der Waals surface area contributed by atoms with Crippen LogP contribution >= 0.6 is 0 Å². The molecule has 158 valence electrons. The normalized spacial score (nSPS) is 14.0. The number of hydroxylamine groups is 1. The molecule has 10 heteroatoms. The van der Waals surface area contributed by atoms with Gasteiger partial charge < -0.3 is 4.74 Å². The molecule has 0 unspecified atom stereocenters. The Morgan fingerprint density at radius 1 is 1.22 bits per heavy atom. The fourth-order valence-electron chi connectivity index (χ4n) is 2.33. The third-order valence-corrected chi connectivity index (χ3v) is 5.57. The number of carboxylic acid groups (broad SMARTS) is 1. The Kier molecular flexibility index (Phi) is 22.1. The number of ether oxygens (including phenoxy) is 1. The maximum absolute atomic E-state index is 10.5. The Morgan fingerprint density at radius 2 is 1.85 bits per heavy atom. The minimum atomic E-state index is -0.751. The van der Waals surface area contributed by atoms with Gasteiger partial charge in [0.25, 0.3) is 0 Å². The molecule has 0 aromatic heterocycles. The van der Waals surface area contributed by atoms with E-state index in [2.05, 4.69) is 12.6 Å². The predicted molar refractivity (Wildman–Crippen MR) is 107 cm³/mol. The molecular weight excluding hydrogens is 547 g/mol. The maximum atomic E-state index is 10.5. The van der Waals surface area contributed by atoms with Gasteiger partial charge in [-0.2, -0.15) is 0 Å². The first-order chi connectivity index (χ1) is 13.0. The van der Waals surface area contributed by atoms with Gasteiger partial charge in [-0.1, -0.05) is 33.1 Å². The van der Waals surface area contributed by atoms with Crippen molar-refractivity contribution >= 4 is 42.6 Å². The van der Waals surface area contributed by atoms with Crippen LogP contribution in [0.5, 0.6) is 0 Å². The van der Waals surface area contributed by atoms with Gasteiger partial charge >= 0.3 is 96.6 Å². The number of hydrogen-bond acceptors (Lipinski definition) is 5. The first kappa shape index (κ1) is 28.1. The van der Waals surface area contributed by atoms with Crippen molar-refractivity contribution in [2.45, 2.75) is 69.7 Å². The van der Waals surface area contributed by atoms with Crippen molar-refractivity contribution in [1.29, 1.82) is 0 Å². The average molecular weight is 584 g/mol. The number of carbonyl (C=O) groups excluding carboxylic acids is 1. The molecule has 1 aliphatic carbocycles. The summed E-state index contributed by atoms with van der Waals surface area (Å²) in [6, 6.07) is 0. The number of unbranched alkanes of at least 4 members (excludes halogenated alkanes) is 1. The van der Waals surface area contributed by atoms with Gasteiger partial charge in [0.05, 0.1) is 6.61 Å². The molecule has 0 saturated heterocycles. The molecule has 9 nitrogen and oxygen atoms in total. The van der Waals surface area contributed by atoms with Gasteiger partial charge in [0.15, 0.2) is 0 Å². The molecule has 1 aliphatic rings. The number of amides is 1. The van der Waals surface area contributed by atoms with Crippen LogP contribution in [-0.2, 0) is 9.53 Å². The summed E-state index contributed by atoms with van der Waals surface area (Å²) in [7, 11) is 0. The number of nitrogens with one attached hydrogen (secondary N) is 2. The van der Waals surface area contributed by atoms with Crippen LogP contribution in [-0.4, -0.2) is 66.0 Å². The molecule has 27 heavy (non-hydrogen) atoms. The second kappa shape index (κ2) is 21.2. The van der Waals surface area contributed by atoms with Crippen LogP contribution in [0, 0.1) is 5.92 Å². The van der Waals surface area contributed by atoms with Crippen LogP contribution in [0.3, 0.4) is 0 Å². The first-order valence-electron chi connectivity index (χ1n) is 9.51. The molecule has 1 fully saturated rings. The number of aliphatic carboxylic acids is 1. The molecule has 0 spiro atoms. The summed E-state index contributed by atoms with van der Waals surface area (Å²) in [5.41, 5.74) is 6.94. The molecule has 0 aliphatic heterocycles. The first-order valence-corrected chi connectivity index (χ1v) is 15.3. The average Bonchev–Trinajstić information content (AvgIpc) is 2.68. The predicted octanol–water partition coefficient (Wildman–Crippen LogP) is 2.52. The number of carboxylic acids is 1. The summed E-state index contributed by atoms with van der Waals surface area (Å²) in [6.07, 6.45) is 6.95. The summed E-state index contributed by atoms with van der Waals surface area (Å²) >= 11 is -0.702. The zero-order chi connectivity index (χ0) is 20.9. The fourth-order valence-corrected chi connectivity index (χ4v) is 3.64. The molecular formula is C17H36N4O5Pb. The van der Waals surface area contributed by atoms with E-state index in [9.17, 15) is 9.59 Å². The van der Waals surface area contributed by atoms with E-state index in [0.29, 0.717) is 31.4 Å². The van der Waals surface area contributed by atoms with Crippen LogP contribution < -0.4 is 14.3 Å². The molecule has 0 aromatic rings. The van der Waals surface area contributed by atoms with Gasteiger partial charge in [-0.3, -0.25) is 5.21 Å². The van der Waals surface area contributed by atoms with Crippen molar-refractivity contribution in [1.82, 2.24) is 8.61 Å². The number of rotatable bonds is 8. The van der Waals surface area contributed by atoms with E-state index in [1.54, 1.807) is 0 Å². The van der Waals surface area contributed by atoms with Crippen LogP contribution in [0.2, 0.25) is 4.48 Å². The number of carbonyl (C=O) groups is 2. The zero-order valence-corrected chi connectivity index (χ0v) is 20.7. The monoisotopic (exact) mass is 584 g/mol. The van der Waals surface area contributed by atoms with E-state index >= 15 is 0 Å². The van der Waals surface area contributed by atoms with Crippen LogP contribution in [0.25, 0.3) is 0 Å². The molecule has 6 N–H and O–H groups in total. The van der Waals surface area contributed by atoms with Crippen molar-refractivity contribution in [3.05, 3.63) is 0 Å². The Bertz CT molecular complexity index is 405. The van der Waals surface area contributed by atoms with Gasteiger partial charge in [-0.05, 0) is 18.8 Å². The molecule has 2 radical (unpaired) electrons. The van der Waals surface area contributed by atoms with Crippen LogP contribution in [0.1, 0.15) is 65.2 Å². The summed E-state index contributed by atoms with van der Waals surface area (Å²) in [4.78, 5) is 24.7. The van der Waals surface area contributed by atoms with Gasteiger partial charge in [0.2, 0.25) is 0 Å². The second-order valence-corrected chi connectivity index (χ2v) is 8.62. The summed E-state index contributed by atoms with van der Waals surface area (Å²) < 4.78 is 9.91. The molecule has 1 saturated carbocycles. The Morgan fingerprint density at radius 3 is 2.37 bits per heavy atom. The van der Waals surface area contributed by atoms with E-state index in [1.165, 1.54) is 24.7 Å². The number of aliphatic imine (C=N–C) groups is 1. The topological polar surface area (TPSA) is 146 Å². The Balaban J connectivity index is 0. The van der Waals surface area contributed by atoms with E-state index in [4.69, 9.17) is 20.8 Å². The summed E-state index contributed by atoms with van der Waals surface area (Å²) in [5.74, 6) is 0.260. The number of hydrogen-bond donors (Lipinski definition) is 5. The van der Waals surface area contributed by atoms with E-state index in [0.717, 1.165) is 19.3 Å². The quantitative estimate of drug-likeness (QED) is 0.0737. The van der Waals surface area contributed by atoms with E-state index in [1.807, 2.05) is 13.8 Å². The third kappa shape index (κ3) is 21.1. The van der Waals surface area contributed by atoms with Crippen LogP contribution in [0.4, 0.5) is 4.79 Å². The SMILES string of the molecule is CC.O=C(NO)OCC1CCCCC1.[CH3][Pb][NH]C(N)=NCCCCC(=O)O. The number of guanidine groups is 1. The fraction of sp³-hybridized carbons (Fsp3) is 0.824. The summed E-state index contributed by atoms with van der Waals surface area (Å²) in [5, 5.41) is 16.5. The van der Waals surface area contributed by atoms with Crippen molar-refractivity contribution in [3.8, 4) is 0 Å². The van der Waals surface area contributed by atoms with Crippen molar-refractivity contribution in [2.75, 3.05) is 13.2 Å². The third-order valence-electron chi connectivity index (χ3n) is 3.60. The van der Waals surface area contributed by atoms with Gasteiger partial charge in [-0.15, -0.1) is 0 Å². The standard InChI is InChI=1S/C8H15NO3.C6H13N3O2.C2H6.CH3.Pb/c10-8(9-11)12-6-7-4-2-1-3-5-7;7-6(8)9-4-2-1-3-5(10)11;1-2;;/h7,11H,1-6H2,(H,9,10);1-4H2,(H5,7,8,9,10,11);1-2H3;1H3;/q;;;;+1/p-1. The van der Waals surface area contributed by atoms with Gasteiger partial charge in [-0.25, -0.2) is 10.3 Å². The van der Waals surface area contributed by atoms with Crippen molar-refractivity contribution in [3.63, 3.8) is 0 Å². The summed E-state index contributed by atoms with van der Waals surface area (Å²) in [6.45, 7) is 5.06.